The minimum Gasteiger partial charge on any atom is -0.507 e. The van der Waals surface area contributed by atoms with Crippen LogP contribution in [0.2, 0.25) is 0 Å². The Labute approximate surface area is 128 Å². The highest BCUT2D eigenvalue weighted by Crippen LogP contribution is 2.41. The third-order valence-corrected chi connectivity index (χ3v) is 3.90. The van der Waals surface area contributed by atoms with Crippen molar-refractivity contribution in [3.8, 4) is 5.75 Å². The molecule has 0 aliphatic rings. The fraction of sp³-hybridized carbons (Fsp3) is 0.611. The molecule has 1 atom stereocenters. The third kappa shape index (κ3) is 3.78. The Kier molecular flexibility index (Phi) is 4.76. The number of aromatic hydroxyl groups is 1. The predicted octanol–water partition coefficient (Wildman–Crippen LogP) is 3.97. The fourth-order valence-electron chi connectivity index (χ4n) is 2.60. The van der Waals surface area contributed by atoms with Crippen LogP contribution < -0.4 is 5.73 Å². The van der Waals surface area contributed by atoms with Crippen LogP contribution in [0, 0.1) is 0 Å². The molecule has 0 aliphatic carbocycles. The molecule has 118 valence electrons. The van der Waals surface area contributed by atoms with Gasteiger partial charge < -0.3 is 10.8 Å². The van der Waals surface area contributed by atoms with Gasteiger partial charge in [0.1, 0.15) is 5.75 Å². The Bertz CT molecular complexity index is 498. The van der Waals surface area contributed by atoms with Crippen molar-refractivity contribution < 1.29 is 9.90 Å². The second kappa shape index (κ2) is 5.70. The summed E-state index contributed by atoms with van der Waals surface area (Å²) in [5.41, 5.74) is 7.77. The van der Waals surface area contributed by atoms with Gasteiger partial charge in [0, 0.05) is 0 Å². The van der Waals surface area contributed by atoms with Crippen molar-refractivity contribution >= 4 is 5.91 Å². The summed E-state index contributed by atoms with van der Waals surface area (Å²) in [6.07, 6.45) is 0.660. The van der Waals surface area contributed by atoms with Crippen LogP contribution in [0.5, 0.6) is 5.75 Å². The first-order valence-electron chi connectivity index (χ1n) is 7.56. The van der Waals surface area contributed by atoms with Gasteiger partial charge in [0.25, 0.3) is 0 Å². The Morgan fingerprint density at radius 1 is 1.10 bits per heavy atom. The summed E-state index contributed by atoms with van der Waals surface area (Å²) in [5, 5.41) is 10.7. The molecule has 3 nitrogen and oxygen atoms in total. The van der Waals surface area contributed by atoms with E-state index >= 15 is 0 Å². The molecule has 3 N–H and O–H groups in total. The first-order chi connectivity index (χ1) is 9.39. The Hall–Kier alpha value is -1.51. The van der Waals surface area contributed by atoms with E-state index in [1.54, 1.807) is 0 Å². The number of hydrogen-bond donors (Lipinski definition) is 2. The second-order valence-corrected chi connectivity index (χ2v) is 7.83. The molecule has 0 radical (unpaired) electrons. The maximum absolute atomic E-state index is 11.7. The molecular weight excluding hydrogens is 262 g/mol. The molecule has 0 aliphatic heterocycles. The van der Waals surface area contributed by atoms with Gasteiger partial charge in [-0.2, -0.15) is 0 Å². The van der Waals surface area contributed by atoms with Crippen molar-refractivity contribution in [1.82, 2.24) is 0 Å². The molecule has 1 aromatic carbocycles. The van der Waals surface area contributed by atoms with Crippen LogP contribution in [-0.4, -0.2) is 11.0 Å². The lowest BCUT2D eigenvalue weighted by atomic mass is 9.76. The van der Waals surface area contributed by atoms with E-state index in [4.69, 9.17) is 5.73 Å². The molecule has 0 aromatic heterocycles. The van der Waals surface area contributed by atoms with E-state index in [1.807, 2.05) is 19.1 Å². The fourth-order valence-corrected chi connectivity index (χ4v) is 2.60. The van der Waals surface area contributed by atoms with Crippen LogP contribution in [-0.2, 0) is 15.6 Å². The maximum atomic E-state index is 11.7. The zero-order chi connectivity index (χ0) is 16.6. The summed E-state index contributed by atoms with van der Waals surface area (Å²) >= 11 is 0. The molecule has 0 spiro atoms. The average molecular weight is 291 g/mol. The lowest BCUT2D eigenvalue weighted by Gasteiger charge is -2.29. The van der Waals surface area contributed by atoms with E-state index in [-0.39, 0.29) is 22.7 Å². The lowest BCUT2D eigenvalue weighted by molar-refractivity contribution is -0.119. The van der Waals surface area contributed by atoms with E-state index in [9.17, 15) is 9.90 Å². The minimum absolute atomic E-state index is 0.198. The molecule has 0 heterocycles. The monoisotopic (exact) mass is 291 g/mol. The van der Waals surface area contributed by atoms with Gasteiger partial charge >= 0.3 is 0 Å². The second-order valence-electron chi connectivity index (χ2n) is 7.83. The Balaban J connectivity index is 3.66. The topological polar surface area (TPSA) is 63.3 Å². The molecule has 21 heavy (non-hydrogen) atoms. The standard InChI is InChI=1S/C18H29NO2/c1-8-12(16(19)21)11-9-13(17(2,3)4)15(20)14(10-11)18(5,6)7/h9-10,12,20H,8H2,1-7H3,(H2,19,21). The van der Waals surface area contributed by atoms with Crippen LogP contribution in [0.25, 0.3) is 0 Å². The van der Waals surface area contributed by atoms with Crippen molar-refractivity contribution in [2.45, 2.75) is 71.6 Å². The summed E-state index contributed by atoms with van der Waals surface area (Å²) in [7, 11) is 0. The predicted molar refractivity (Wildman–Crippen MR) is 87.7 cm³/mol. The largest absolute Gasteiger partial charge is 0.507 e. The summed E-state index contributed by atoms with van der Waals surface area (Å²) in [6.45, 7) is 14.3. The summed E-state index contributed by atoms with van der Waals surface area (Å²) in [4.78, 5) is 11.7. The Morgan fingerprint density at radius 3 is 1.71 bits per heavy atom. The molecule has 0 saturated carbocycles. The normalized spacial score (nSPS) is 14.0. The molecule has 1 aromatic rings. The number of phenolic OH excluding ortho intramolecular Hbond substituents is 1. The van der Waals surface area contributed by atoms with Gasteiger partial charge in [-0.25, -0.2) is 0 Å². The first kappa shape index (κ1) is 17.5. The molecule has 1 unspecified atom stereocenters. The number of rotatable bonds is 3. The van der Waals surface area contributed by atoms with Crippen LogP contribution in [0.4, 0.5) is 0 Å². The van der Waals surface area contributed by atoms with Crippen LogP contribution in [0.3, 0.4) is 0 Å². The van der Waals surface area contributed by atoms with Crippen molar-refractivity contribution in [2.24, 2.45) is 5.73 Å². The number of carbonyl (C=O) groups excluding carboxylic acids is 1. The van der Waals surface area contributed by atoms with Gasteiger partial charge in [0.2, 0.25) is 5.91 Å². The smallest absolute Gasteiger partial charge is 0.224 e. The van der Waals surface area contributed by atoms with E-state index in [0.717, 1.165) is 16.7 Å². The molecule has 0 saturated heterocycles. The van der Waals surface area contributed by atoms with Gasteiger partial charge in [0.05, 0.1) is 5.92 Å². The molecule has 0 bridgehead atoms. The number of phenols is 1. The number of nitrogens with two attached hydrogens (primary N) is 1. The van der Waals surface area contributed by atoms with Crippen LogP contribution in [0.15, 0.2) is 12.1 Å². The minimum atomic E-state index is -0.317. The lowest BCUT2D eigenvalue weighted by Crippen LogP contribution is -2.23. The van der Waals surface area contributed by atoms with Crippen molar-refractivity contribution in [3.05, 3.63) is 28.8 Å². The van der Waals surface area contributed by atoms with Gasteiger partial charge in [-0.05, 0) is 33.9 Å². The highest BCUT2D eigenvalue weighted by molar-refractivity contribution is 5.82. The number of amides is 1. The number of carbonyl (C=O) groups is 1. The van der Waals surface area contributed by atoms with Crippen molar-refractivity contribution in [3.63, 3.8) is 0 Å². The summed E-state index contributed by atoms with van der Waals surface area (Å²) < 4.78 is 0. The number of primary amides is 1. The van der Waals surface area contributed by atoms with Crippen LogP contribution in [0.1, 0.15) is 77.5 Å². The van der Waals surface area contributed by atoms with E-state index in [2.05, 4.69) is 41.5 Å². The molecular formula is C18H29NO2. The van der Waals surface area contributed by atoms with E-state index < -0.39 is 0 Å². The molecule has 3 heteroatoms. The zero-order valence-electron chi connectivity index (χ0n) is 14.4. The maximum Gasteiger partial charge on any atom is 0.224 e. The highest BCUT2D eigenvalue weighted by atomic mass is 16.3. The molecule has 0 fully saturated rings. The van der Waals surface area contributed by atoms with E-state index in [1.165, 1.54) is 0 Å². The SMILES string of the molecule is CCC(C(N)=O)c1cc(C(C)(C)C)c(O)c(C(C)(C)C)c1. The highest BCUT2D eigenvalue weighted by Gasteiger charge is 2.28. The van der Waals surface area contributed by atoms with Gasteiger partial charge in [-0.1, -0.05) is 60.6 Å². The average Bonchev–Trinajstić information content (AvgIpc) is 2.28. The van der Waals surface area contributed by atoms with Gasteiger partial charge in [-0.3, -0.25) is 4.79 Å². The summed E-state index contributed by atoms with van der Waals surface area (Å²) in [6, 6.07) is 3.87. The van der Waals surface area contributed by atoms with Crippen LogP contribution >= 0.6 is 0 Å². The Morgan fingerprint density at radius 2 is 1.48 bits per heavy atom. The van der Waals surface area contributed by atoms with E-state index in [0.29, 0.717) is 12.2 Å². The molecule has 1 rings (SSSR count). The molecule has 1 amide bonds. The third-order valence-electron chi connectivity index (χ3n) is 3.90. The number of benzene rings is 1. The first-order valence-corrected chi connectivity index (χ1v) is 7.56. The zero-order valence-corrected chi connectivity index (χ0v) is 14.4. The summed E-state index contributed by atoms with van der Waals surface area (Å²) in [5.74, 6) is -0.297. The van der Waals surface area contributed by atoms with Crippen molar-refractivity contribution in [2.75, 3.05) is 0 Å². The quantitative estimate of drug-likeness (QED) is 0.885. The van der Waals surface area contributed by atoms with Gasteiger partial charge in [0.15, 0.2) is 0 Å². The van der Waals surface area contributed by atoms with Crippen molar-refractivity contribution in [1.29, 1.82) is 0 Å². The van der Waals surface area contributed by atoms with Gasteiger partial charge in [-0.15, -0.1) is 0 Å². The number of hydrogen-bond acceptors (Lipinski definition) is 2.